The van der Waals surface area contributed by atoms with Gasteiger partial charge in [0.2, 0.25) is 0 Å². The molecule has 4 rings (SSSR count). The summed E-state index contributed by atoms with van der Waals surface area (Å²) in [5.74, 6) is 0.691. The summed E-state index contributed by atoms with van der Waals surface area (Å²) in [5.41, 5.74) is 3.83. The SMILES string of the molecule is CCCCOc1cccc(C2c3c(-c4cc(Cl)c(C)cc4O)n[nH]c3C(=O)N2CCCOC)c1. The second-order valence-corrected chi connectivity index (χ2v) is 8.91. The lowest BCUT2D eigenvalue weighted by molar-refractivity contribution is 0.0723. The van der Waals surface area contributed by atoms with Gasteiger partial charge in [0.1, 0.15) is 22.9 Å². The number of aryl methyl sites for hydroxylation is 1. The van der Waals surface area contributed by atoms with Gasteiger partial charge in [-0.15, -0.1) is 0 Å². The second kappa shape index (κ2) is 10.5. The van der Waals surface area contributed by atoms with E-state index in [1.807, 2.05) is 36.1 Å². The van der Waals surface area contributed by atoms with Crippen LogP contribution in [0.4, 0.5) is 0 Å². The second-order valence-electron chi connectivity index (χ2n) is 8.50. The van der Waals surface area contributed by atoms with Crippen molar-refractivity contribution in [1.82, 2.24) is 15.1 Å². The lowest BCUT2D eigenvalue weighted by Crippen LogP contribution is -2.31. The number of fused-ring (bicyclic) bond motifs is 1. The number of nitrogens with one attached hydrogen (secondary N) is 1. The number of rotatable bonds is 10. The number of benzene rings is 2. The number of ether oxygens (including phenoxy) is 2. The number of hydrogen-bond acceptors (Lipinski definition) is 5. The van der Waals surface area contributed by atoms with Crippen molar-refractivity contribution >= 4 is 17.5 Å². The van der Waals surface area contributed by atoms with Gasteiger partial charge in [-0.3, -0.25) is 9.89 Å². The Balaban J connectivity index is 1.80. The minimum atomic E-state index is -0.387. The van der Waals surface area contributed by atoms with E-state index >= 15 is 0 Å². The summed E-state index contributed by atoms with van der Waals surface area (Å²) in [6, 6.07) is 10.8. The fourth-order valence-corrected chi connectivity index (χ4v) is 4.49. The molecule has 2 heterocycles. The van der Waals surface area contributed by atoms with Crippen molar-refractivity contribution in [3.63, 3.8) is 0 Å². The normalized spacial score (nSPS) is 15.1. The van der Waals surface area contributed by atoms with Crippen LogP contribution >= 0.6 is 11.6 Å². The van der Waals surface area contributed by atoms with Crippen molar-refractivity contribution in [1.29, 1.82) is 0 Å². The molecule has 1 unspecified atom stereocenters. The number of H-pyrrole nitrogens is 1. The summed E-state index contributed by atoms with van der Waals surface area (Å²) in [6.45, 7) is 5.65. The van der Waals surface area contributed by atoms with E-state index in [-0.39, 0.29) is 17.7 Å². The fraction of sp³-hybridized carbons (Fsp3) is 0.385. The zero-order valence-electron chi connectivity index (χ0n) is 19.7. The van der Waals surface area contributed by atoms with Crippen molar-refractivity contribution in [2.75, 3.05) is 26.9 Å². The molecule has 8 heteroatoms. The van der Waals surface area contributed by atoms with E-state index in [1.54, 1.807) is 19.2 Å². The maximum atomic E-state index is 13.4. The van der Waals surface area contributed by atoms with Gasteiger partial charge in [-0.05, 0) is 55.2 Å². The van der Waals surface area contributed by atoms with Crippen molar-refractivity contribution < 1.29 is 19.4 Å². The Bertz CT molecular complexity index is 1180. The number of nitrogens with zero attached hydrogens (tertiary/aromatic N) is 2. The van der Waals surface area contributed by atoms with Crippen LogP contribution in [-0.2, 0) is 4.74 Å². The van der Waals surface area contributed by atoms with Gasteiger partial charge in [-0.25, -0.2) is 0 Å². The predicted octanol–water partition coefficient (Wildman–Crippen LogP) is 5.50. The van der Waals surface area contributed by atoms with Gasteiger partial charge >= 0.3 is 0 Å². The largest absolute Gasteiger partial charge is 0.507 e. The highest BCUT2D eigenvalue weighted by atomic mass is 35.5. The van der Waals surface area contributed by atoms with Crippen molar-refractivity contribution in [3.05, 3.63) is 63.8 Å². The molecule has 0 fully saturated rings. The van der Waals surface area contributed by atoms with Crippen LogP contribution in [0.3, 0.4) is 0 Å². The molecule has 1 aliphatic heterocycles. The van der Waals surface area contributed by atoms with E-state index in [0.29, 0.717) is 48.2 Å². The van der Waals surface area contributed by atoms with E-state index in [4.69, 9.17) is 21.1 Å². The van der Waals surface area contributed by atoms with Gasteiger partial charge in [-0.1, -0.05) is 37.1 Å². The summed E-state index contributed by atoms with van der Waals surface area (Å²) >= 11 is 6.37. The van der Waals surface area contributed by atoms with E-state index in [9.17, 15) is 9.90 Å². The quantitative estimate of drug-likeness (QED) is 0.371. The van der Waals surface area contributed by atoms with Crippen LogP contribution < -0.4 is 4.74 Å². The zero-order valence-corrected chi connectivity index (χ0v) is 20.5. The molecule has 2 aromatic carbocycles. The minimum absolute atomic E-state index is 0.0666. The molecule has 0 spiro atoms. The van der Waals surface area contributed by atoms with Crippen LogP contribution in [0.2, 0.25) is 5.02 Å². The molecular formula is C26H30ClN3O4. The topological polar surface area (TPSA) is 87.7 Å². The average molecular weight is 484 g/mol. The highest BCUT2D eigenvalue weighted by Crippen LogP contribution is 2.45. The number of aromatic hydroxyl groups is 1. The molecule has 1 amide bonds. The number of phenols is 1. The van der Waals surface area contributed by atoms with Crippen molar-refractivity contribution in [2.45, 2.75) is 39.2 Å². The monoisotopic (exact) mass is 483 g/mol. The number of methoxy groups -OCH3 is 1. The van der Waals surface area contributed by atoms with Gasteiger partial charge < -0.3 is 19.5 Å². The van der Waals surface area contributed by atoms with E-state index in [1.165, 1.54) is 0 Å². The van der Waals surface area contributed by atoms with Crippen LogP contribution in [0.5, 0.6) is 11.5 Å². The molecule has 2 N–H and O–H groups in total. The summed E-state index contributed by atoms with van der Waals surface area (Å²) in [4.78, 5) is 15.2. The van der Waals surface area contributed by atoms with Gasteiger partial charge in [0.15, 0.2) is 0 Å². The number of aromatic amines is 1. The van der Waals surface area contributed by atoms with Gasteiger partial charge in [-0.2, -0.15) is 5.10 Å². The molecule has 0 radical (unpaired) electrons. The molecular weight excluding hydrogens is 454 g/mol. The molecule has 0 saturated heterocycles. The first kappa shape index (κ1) is 24.1. The van der Waals surface area contributed by atoms with E-state index in [2.05, 4.69) is 17.1 Å². The summed E-state index contributed by atoms with van der Waals surface area (Å²) < 4.78 is 11.2. The third kappa shape index (κ3) is 4.63. The predicted molar refractivity (Wildman–Crippen MR) is 132 cm³/mol. The van der Waals surface area contributed by atoms with E-state index < -0.39 is 0 Å². The Labute approximate surface area is 204 Å². The molecule has 0 bridgehead atoms. The standard InChI is InChI=1S/C26H30ClN3O4/c1-4-5-12-34-18-9-6-8-17(14-18)25-22-23(19-15-20(27)16(2)13-21(19)31)28-29-24(22)26(32)30(25)10-7-11-33-3/h6,8-9,13-15,25,31H,4-5,7,10-12H2,1-3H3,(H,28,29). The highest BCUT2D eigenvalue weighted by Gasteiger charge is 2.42. The number of amides is 1. The number of unbranched alkanes of at least 4 members (excludes halogenated alkanes) is 1. The van der Waals surface area contributed by atoms with E-state index in [0.717, 1.165) is 35.3 Å². The van der Waals surface area contributed by atoms with Crippen molar-refractivity contribution in [3.8, 4) is 22.8 Å². The zero-order chi connectivity index (χ0) is 24.2. The lowest BCUT2D eigenvalue weighted by Gasteiger charge is -2.26. The van der Waals surface area contributed by atoms with Crippen molar-refractivity contribution in [2.24, 2.45) is 0 Å². The molecule has 34 heavy (non-hydrogen) atoms. The number of phenolic OH excluding ortho intramolecular Hbond substituents is 1. The number of hydrogen-bond donors (Lipinski definition) is 2. The van der Waals surface area contributed by atoms with Crippen LogP contribution in [-0.4, -0.2) is 53.0 Å². The first-order chi connectivity index (χ1) is 16.5. The molecule has 7 nitrogen and oxygen atoms in total. The summed E-state index contributed by atoms with van der Waals surface area (Å²) in [7, 11) is 1.65. The van der Waals surface area contributed by atoms with Crippen LogP contribution in [0.1, 0.15) is 59.4 Å². The minimum Gasteiger partial charge on any atom is -0.507 e. The molecule has 1 aliphatic rings. The Hall–Kier alpha value is -3.03. The summed E-state index contributed by atoms with van der Waals surface area (Å²) in [5, 5.41) is 18.6. The van der Waals surface area contributed by atoms with Gasteiger partial charge in [0.25, 0.3) is 5.91 Å². The lowest BCUT2D eigenvalue weighted by atomic mass is 9.95. The molecule has 0 aliphatic carbocycles. The number of halogens is 1. The first-order valence-electron chi connectivity index (χ1n) is 11.6. The highest BCUT2D eigenvalue weighted by molar-refractivity contribution is 6.31. The third-order valence-corrected chi connectivity index (χ3v) is 6.49. The maximum Gasteiger partial charge on any atom is 0.273 e. The Morgan fingerprint density at radius 2 is 2.03 bits per heavy atom. The Morgan fingerprint density at radius 3 is 2.79 bits per heavy atom. The van der Waals surface area contributed by atoms with Gasteiger partial charge in [0.05, 0.1) is 12.6 Å². The molecule has 180 valence electrons. The number of carbonyl (C=O) groups excluding carboxylic acids is 1. The number of carbonyl (C=O) groups is 1. The van der Waals surface area contributed by atoms with Crippen LogP contribution in [0, 0.1) is 6.92 Å². The first-order valence-corrected chi connectivity index (χ1v) is 11.9. The molecule has 1 atom stereocenters. The van der Waals surface area contributed by atoms with Gasteiger partial charge in [0, 0.05) is 36.4 Å². The van der Waals surface area contributed by atoms with Crippen LogP contribution in [0.25, 0.3) is 11.3 Å². The fourth-order valence-electron chi connectivity index (χ4n) is 4.32. The molecule has 1 aromatic heterocycles. The Morgan fingerprint density at radius 1 is 1.21 bits per heavy atom. The molecule has 0 saturated carbocycles. The average Bonchev–Trinajstić information content (AvgIpc) is 3.36. The van der Waals surface area contributed by atoms with Crippen LogP contribution in [0.15, 0.2) is 36.4 Å². The third-order valence-electron chi connectivity index (χ3n) is 6.08. The molecule has 3 aromatic rings. The summed E-state index contributed by atoms with van der Waals surface area (Å²) in [6.07, 6.45) is 2.72. The Kier molecular flexibility index (Phi) is 7.44. The number of aromatic nitrogens is 2. The smallest absolute Gasteiger partial charge is 0.273 e. The maximum absolute atomic E-state index is 13.4.